The minimum Gasteiger partial charge on any atom is -0.207 e. The summed E-state index contributed by atoms with van der Waals surface area (Å²) in [5.74, 6) is 0.599. The van der Waals surface area contributed by atoms with Crippen LogP contribution in [0.2, 0.25) is 0 Å². The summed E-state index contributed by atoms with van der Waals surface area (Å²) in [4.78, 5) is 0.108. The summed E-state index contributed by atoms with van der Waals surface area (Å²) >= 11 is 5.68. The average molecular weight is 315 g/mol. The van der Waals surface area contributed by atoms with Gasteiger partial charge in [-0.25, -0.2) is 8.42 Å². The number of halogens is 2. The average Bonchev–Trinajstić information content (AvgIpc) is 2.39. The van der Waals surface area contributed by atoms with Gasteiger partial charge in [0.1, 0.15) is 0 Å². The summed E-state index contributed by atoms with van der Waals surface area (Å²) in [6, 6.07) is 14.5. The minimum atomic E-state index is -3.66. The molecule has 0 saturated heterocycles. The van der Waals surface area contributed by atoms with E-state index in [2.05, 4.69) is 0 Å². The highest BCUT2D eigenvalue weighted by Crippen LogP contribution is 2.23. The lowest BCUT2D eigenvalue weighted by Crippen LogP contribution is -1.90. The Bertz CT molecular complexity index is 647. The zero-order chi connectivity index (χ0) is 13.9. The number of benzene rings is 2. The van der Waals surface area contributed by atoms with Crippen molar-refractivity contribution in [1.82, 2.24) is 0 Å². The summed E-state index contributed by atoms with van der Waals surface area (Å²) in [6.07, 6.45) is 0.839. The van der Waals surface area contributed by atoms with Gasteiger partial charge in [-0.15, -0.1) is 11.6 Å². The number of aryl methyl sites for hydroxylation is 1. The molecule has 0 amide bonds. The van der Waals surface area contributed by atoms with E-state index in [0.717, 1.165) is 17.5 Å². The van der Waals surface area contributed by atoms with E-state index in [1.54, 1.807) is 12.1 Å². The van der Waals surface area contributed by atoms with E-state index in [1.165, 1.54) is 17.7 Å². The zero-order valence-electron chi connectivity index (χ0n) is 10.0. The van der Waals surface area contributed by atoms with E-state index in [0.29, 0.717) is 5.88 Å². The van der Waals surface area contributed by atoms with Crippen LogP contribution in [0.15, 0.2) is 53.4 Å². The summed E-state index contributed by atoms with van der Waals surface area (Å²) in [7, 11) is 1.61. The van der Waals surface area contributed by atoms with Crippen molar-refractivity contribution in [3.8, 4) is 11.1 Å². The fraction of sp³-hybridized carbons (Fsp3) is 0.143. The second-order valence-corrected chi connectivity index (χ2v) is 7.04. The van der Waals surface area contributed by atoms with Gasteiger partial charge in [-0.05, 0) is 35.2 Å². The Balaban J connectivity index is 2.27. The van der Waals surface area contributed by atoms with E-state index in [1.807, 2.05) is 24.3 Å². The van der Waals surface area contributed by atoms with Gasteiger partial charge < -0.3 is 0 Å². The first-order valence-corrected chi connectivity index (χ1v) is 8.55. The van der Waals surface area contributed by atoms with E-state index < -0.39 is 9.05 Å². The highest BCUT2D eigenvalue weighted by molar-refractivity contribution is 8.13. The van der Waals surface area contributed by atoms with Gasteiger partial charge in [0, 0.05) is 16.6 Å². The third-order valence-electron chi connectivity index (χ3n) is 2.81. The Morgan fingerprint density at radius 2 is 1.32 bits per heavy atom. The Morgan fingerprint density at radius 3 is 1.74 bits per heavy atom. The smallest absolute Gasteiger partial charge is 0.207 e. The minimum absolute atomic E-state index is 0.108. The van der Waals surface area contributed by atoms with Crippen LogP contribution in [0.3, 0.4) is 0 Å². The molecule has 0 spiro atoms. The molecule has 0 saturated carbocycles. The third-order valence-corrected chi connectivity index (χ3v) is 4.37. The van der Waals surface area contributed by atoms with Crippen molar-refractivity contribution in [3.63, 3.8) is 0 Å². The molecule has 0 unspecified atom stereocenters. The maximum Gasteiger partial charge on any atom is 0.261 e. The molecule has 2 nitrogen and oxygen atoms in total. The molecular formula is C14H12Cl2O2S. The maximum absolute atomic E-state index is 11.2. The van der Waals surface area contributed by atoms with Gasteiger partial charge in [0.2, 0.25) is 0 Å². The Hall–Kier alpha value is -1.03. The van der Waals surface area contributed by atoms with Crippen LogP contribution in [0.1, 0.15) is 5.56 Å². The van der Waals surface area contributed by atoms with Crippen molar-refractivity contribution >= 4 is 31.3 Å². The van der Waals surface area contributed by atoms with Crippen molar-refractivity contribution in [1.29, 1.82) is 0 Å². The van der Waals surface area contributed by atoms with Crippen LogP contribution in [0.25, 0.3) is 11.1 Å². The summed E-state index contributed by atoms with van der Waals surface area (Å²) < 4.78 is 22.3. The monoisotopic (exact) mass is 314 g/mol. The quantitative estimate of drug-likeness (QED) is 0.630. The van der Waals surface area contributed by atoms with E-state index in [9.17, 15) is 8.42 Å². The summed E-state index contributed by atoms with van der Waals surface area (Å²) in [5.41, 5.74) is 3.15. The van der Waals surface area contributed by atoms with Gasteiger partial charge in [0.05, 0.1) is 4.90 Å². The van der Waals surface area contributed by atoms with Crippen LogP contribution < -0.4 is 0 Å². The largest absolute Gasteiger partial charge is 0.261 e. The number of alkyl halides is 1. The molecule has 0 atom stereocenters. The molecule has 0 bridgehead atoms. The van der Waals surface area contributed by atoms with Crippen molar-refractivity contribution in [3.05, 3.63) is 54.1 Å². The van der Waals surface area contributed by atoms with Gasteiger partial charge in [0.15, 0.2) is 0 Å². The molecule has 0 aromatic heterocycles. The number of hydrogen-bond donors (Lipinski definition) is 0. The van der Waals surface area contributed by atoms with Crippen LogP contribution in [0.5, 0.6) is 0 Å². The van der Waals surface area contributed by atoms with Gasteiger partial charge in [0.25, 0.3) is 9.05 Å². The molecule has 2 aromatic carbocycles. The van der Waals surface area contributed by atoms with Gasteiger partial charge in [-0.2, -0.15) is 0 Å². The fourth-order valence-electron chi connectivity index (χ4n) is 1.78. The zero-order valence-corrected chi connectivity index (χ0v) is 12.3. The molecule has 0 heterocycles. The maximum atomic E-state index is 11.2. The van der Waals surface area contributed by atoms with Crippen molar-refractivity contribution in [2.45, 2.75) is 11.3 Å². The standard InChI is InChI=1S/C14H12Cl2O2S/c15-10-9-11-1-3-12(4-2-11)13-5-7-14(8-6-13)19(16,17)18/h1-8H,9-10H2. The lowest BCUT2D eigenvalue weighted by Gasteiger charge is -2.04. The van der Waals surface area contributed by atoms with Crippen LogP contribution in [0.4, 0.5) is 0 Å². The molecule has 5 heteroatoms. The molecule has 0 aliphatic carbocycles. The van der Waals surface area contributed by atoms with E-state index >= 15 is 0 Å². The molecule has 0 N–H and O–H groups in total. The van der Waals surface area contributed by atoms with Gasteiger partial charge in [-0.3, -0.25) is 0 Å². The fourth-order valence-corrected chi connectivity index (χ4v) is 2.77. The second-order valence-electron chi connectivity index (χ2n) is 4.10. The molecule has 100 valence electrons. The summed E-state index contributed by atoms with van der Waals surface area (Å²) in [5, 5.41) is 0. The SMILES string of the molecule is O=S(=O)(Cl)c1ccc(-c2ccc(CCCl)cc2)cc1. The second kappa shape index (κ2) is 5.95. The summed E-state index contributed by atoms with van der Waals surface area (Å²) in [6.45, 7) is 0. The Morgan fingerprint density at radius 1 is 0.842 bits per heavy atom. The third kappa shape index (κ3) is 3.72. The van der Waals surface area contributed by atoms with E-state index in [4.69, 9.17) is 22.3 Å². The molecular weight excluding hydrogens is 303 g/mol. The first-order valence-electron chi connectivity index (χ1n) is 5.71. The van der Waals surface area contributed by atoms with E-state index in [-0.39, 0.29) is 4.90 Å². The van der Waals surface area contributed by atoms with Crippen LogP contribution in [0, 0.1) is 0 Å². The molecule has 0 aliphatic rings. The van der Waals surface area contributed by atoms with Crippen LogP contribution in [-0.4, -0.2) is 14.3 Å². The van der Waals surface area contributed by atoms with Crippen LogP contribution >= 0.6 is 22.3 Å². The first kappa shape index (κ1) is 14.4. The molecule has 2 rings (SSSR count). The predicted molar refractivity (Wildman–Crippen MR) is 79.3 cm³/mol. The van der Waals surface area contributed by atoms with Crippen molar-refractivity contribution in [2.24, 2.45) is 0 Å². The topological polar surface area (TPSA) is 34.1 Å². The van der Waals surface area contributed by atoms with Gasteiger partial charge in [-0.1, -0.05) is 36.4 Å². The molecule has 19 heavy (non-hydrogen) atoms. The highest BCUT2D eigenvalue weighted by Gasteiger charge is 2.09. The molecule has 2 aromatic rings. The molecule has 0 fully saturated rings. The first-order chi connectivity index (χ1) is 9.00. The van der Waals surface area contributed by atoms with Crippen molar-refractivity contribution in [2.75, 3.05) is 5.88 Å². The number of rotatable bonds is 4. The van der Waals surface area contributed by atoms with Crippen molar-refractivity contribution < 1.29 is 8.42 Å². The lowest BCUT2D eigenvalue weighted by atomic mass is 10.0. The lowest BCUT2D eigenvalue weighted by molar-refractivity contribution is 0.609. The number of hydrogen-bond acceptors (Lipinski definition) is 2. The Kier molecular flexibility index (Phi) is 4.50. The van der Waals surface area contributed by atoms with Crippen LogP contribution in [-0.2, 0) is 15.5 Å². The molecule has 0 radical (unpaired) electrons. The Labute approximate surface area is 122 Å². The normalized spacial score (nSPS) is 11.5. The molecule has 0 aliphatic heterocycles. The predicted octanol–water partition coefficient (Wildman–Crippen LogP) is 4.06. The van der Waals surface area contributed by atoms with Gasteiger partial charge >= 0.3 is 0 Å². The highest BCUT2D eigenvalue weighted by atomic mass is 35.7.